The van der Waals surface area contributed by atoms with Gasteiger partial charge >= 0.3 is 12.1 Å². The maximum absolute atomic E-state index is 14.5. The van der Waals surface area contributed by atoms with E-state index in [1.807, 2.05) is 5.32 Å². The topological polar surface area (TPSA) is 87.3 Å². The van der Waals surface area contributed by atoms with E-state index in [9.17, 15) is 36.3 Å². The summed E-state index contributed by atoms with van der Waals surface area (Å²) in [5.74, 6) is -7.97. The molecule has 0 unspecified atom stereocenters. The summed E-state index contributed by atoms with van der Waals surface area (Å²) in [6.45, 7) is 0. The molecule has 0 bridgehead atoms. The van der Waals surface area contributed by atoms with Gasteiger partial charge in [0.2, 0.25) is 5.91 Å². The third kappa shape index (κ3) is 5.66. The van der Waals surface area contributed by atoms with Gasteiger partial charge in [-0.25, -0.2) is 8.78 Å². The maximum Gasteiger partial charge on any atom is 0.471 e. The number of amides is 3. The molecule has 33 heavy (non-hydrogen) atoms. The minimum absolute atomic E-state index is 0.117. The average molecular weight is 531 g/mol. The highest BCUT2D eigenvalue weighted by atomic mass is 35.5. The lowest BCUT2D eigenvalue weighted by Gasteiger charge is -2.14. The molecule has 2 aromatic rings. The predicted molar refractivity (Wildman–Crippen MR) is 112 cm³/mol. The van der Waals surface area contributed by atoms with Crippen molar-refractivity contribution in [3.8, 4) is 0 Å². The van der Waals surface area contributed by atoms with Crippen LogP contribution in [0, 0.1) is 17.6 Å². The molecule has 6 nitrogen and oxygen atoms in total. The lowest BCUT2D eigenvalue weighted by molar-refractivity contribution is -0.167. The molecule has 1 fully saturated rings. The summed E-state index contributed by atoms with van der Waals surface area (Å²) in [5, 5.41) is 5.47. The number of nitrogens with one attached hydrogen (secondary N) is 3. The Morgan fingerprint density at radius 3 is 2.21 bits per heavy atom. The van der Waals surface area contributed by atoms with E-state index in [1.165, 1.54) is 12.1 Å². The first-order valence-corrected chi connectivity index (χ1v) is 10.00. The predicted octanol–water partition coefficient (Wildman–Crippen LogP) is 5.50. The van der Waals surface area contributed by atoms with Crippen LogP contribution in [-0.4, -0.2) is 28.2 Å². The number of anilines is 3. The molecule has 0 heterocycles. The fourth-order valence-electron chi connectivity index (χ4n) is 2.64. The summed E-state index contributed by atoms with van der Waals surface area (Å²) in [6, 6.07) is 5.05. The summed E-state index contributed by atoms with van der Waals surface area (Å²) >= 11 is 17.6. The molecular weight excluding hydrogens is 520 g/mol. The van der Waals surface area contributed by atoms with Crippen LogP contribution in [0.1, 0.15) is 16.8 Å². The molecule has 0 aromatic heterocycles. The zero-order chi connectivity index (χ0) is 24.7. The number of hydrogen-bond acceptors (Lipinski definition) is 3. The van der Waals surface area contributed by atoms with Crippen molar-refractivity contribution in [2.24, 2.45) is 5.92 Å². The molecule has 1 aliphatic carbocycles. The Balaban J connectivity index is 1.80. The molecule has 0 spiro atoms. The highest BCUT2D eigenvalue weighted by Crippen LogP contribution is 2.53. The van der Waals surface area contributed by atoms with Crippen LogP contribution in [0.15, 0.2) is 30.3 Å². The van der Waals surface area contributed by atoms with Gasteiger partial charge in [-0.1, -0.05) is 11.6 Å². The lowest BCUT2D eigenvalue weighted by atomic mass is 10.1. The van der Waals surface area contributed by atoms with Crippen molar-refractivity contribution in [2.45, 2.75) is 16.9 Å². The number of carbonyl (C=O) groups excluding carboxylic acids is 3. The minimum Gasteiger partial charge on any atom is -0.326 e. The summed E-state index contributed by atoms with van der Waals surface area (Å²) < 4.78 is 64.4. The van der Waals surface area contributed by atoms with Crippen LogP contribution in [-0.2, 0) is 9.59 Å². The molecular formula is C19H11Cl3F5N3O3. The first-order valence-electron chi connectivity index (χ1n) is 8.86. The Labute approximate surface area is 197 Å². The third-order valence-corrected chi connectivity index (χ3v) is 5.62. The van der Waals surface area contributed by atoms with Crippen molar-refractivity contribution in [2.75, 3.05) is 16.0 Å². The number of rotatable bonds is 5. The Hall–Kier alpha value is -2.63. The first-order chi connectivity index (χ1) is 15.2. The number of alkyl halides is 5. The fraction of sp³-hybridized carbons (Fsp3) is 0.211. The molecule has 1 saturated carbocycles. The van der Waals surface area contributed by atoms with Gasteiger partial charge < -0.3 is 16.0 Å². The molecule has 0 radical (unpaired) electrons. The van der Waals surface area contributed by atoms with E-state index in [1.54, 1.807) is 0 Å². The molecule has 176 valence electrons. The van der Waals surface area contributed by atoms with Crippen molar-refractivity contribution < 1.29 is 36.3 Å². The third-order valence-electron chi connectivity index (χ3n) is 4.46. The van der Waals surface area contributed by atoms with Gasteiger partial charge in [0.25, 0.3) is 5.91 Å². The van der Waals surface area contributed by atoms with Gasteiger partial charge in [0.15, 0.2) is 5.82 Å². The standard InChI is InChI=1S/C19H11Cl3F5N3O3/c20-10-2-1-7(28-16(32)9-6-18(9,21)22)5-8(10)15(31)29-12-4-3-11(23)14(13(12)24)30-17(33)19(25,26)27/h1-5,9H,6H2,(H,28,32)(H,29,31)(H,30,33)/t9-/m1/s1. The van der Waals surface area contributed by atoms with E-state index in [4.69, 9.17) is 34.8 Å². The quantitative estimate of drug-likeness (QED) is 0.352. The van der Waals surface area contributed by atoms with Gasteiger partial charge in [0.05, 0.1) is 22.2 Å². The zero-order valence-electron chi connectivity index (χ0n) is 15.9. The number of hydrogen-bond donors (Lipinski definition) is 3. The first kappa shape index (κ1) is 25.0. The molecule has 14 heteroatoms. The van der Waals surface area contributed by atoms with Gasteiger partial charge in [0, 0.05) is 5.69 Å². The molecule has 1 atom stereocenters. The summed E-state index contributed by atoms with van der Waals surface area (Å²) in [6.07, 6.45) is -5.16. The Morgan fingerprint density at radius 1 is 1.00 bits per heavy atom. The molecule has 1 aliphatic rings. The summed E-state index contributed by atoms with van der Waals surface area (Å²) in [4.78, 5) is 35.7. The number of halogens is 8. The van der Waals surface area contributed by atoms with E-state index in [-0.39, 0.29) is 22.7 Å². The SMILES string of the molecule is O=C(Nc1ccc(F)c(NC(=O)C(F)(F)F)c1F)c1cc(NC(=O)[C@H]2CC2(Cl)Cl)ccc1Cl. The van der Waals surface area contributed by atoms with E-state index in [0.717, 1.165) is 17.4 Å². The smallest absolute Gasteiger partial charge is 0.326 e. The van der Waals surface area contributed by atoms with Crippen molar-refractivity contribution in [1.29, 1.82) is 0 Å². The van der Waals surface area contributed by atoms with Gasteiger partial charge in [-0.15, -0.1) is 23.2 Å². The van der Waals surface area contributed by atoms with Crippen molar-refractivity contribution >= 4 is 69.6 Å². The van der Waals surface area contributed by atoms with Gasteiger partial charge in [-0.2, -0.15) is 13.2 Å². The Bertz CT molecular complexity index is 1160. The molecule has 3 rings (SSSR count). The van der Waals surface area contributed by atoms with Crippen LogP contribution in [0.4, 0.5) is 39.0 Å². The van der Waals surface area contributed by atoms with Crippen LogP contribution in [0.2, 0.25) is 5.02 Å². The van der Waals surface area contributed by atoms with Gasteiger partial charge in [-0.3, -0.25) is 14.4 Å². The van der Waals surface area contributed by atoms with Crippen molar-refractivity contribution in [3.05, 3.63) is 52.6 Å². The molecule has 2 aromatic carbocycles. The van der Waals surface area contributed by atoms with Crippen LogP contribution < -0.4 is 16.0 Å². The highest BCUT2D eigenvalue weighted by molar-refractivity contribution is 6.52. The molecule has 0 saturated heterocycles. The lowest BCUT2D eigenvalue weighted by Crippen LogP contribution is -2.31. The largest absolute Gasteiger partial charge is 0.471 e. The summed E-state index contributed by atoms with van der Waals surface area (Å²) in [5.41, 5.74) is -2.27. The molecule has 0 aliphatic heterocycles. The van der Waals surface area contributed by atoms with E-state index in [0.29, 0.717) is 6.07 Å². The van der Waals surface area contributed by atoms with E-state index < -0.39 is 57.2 Å². The Kier molecular flexibility index (Phi) is 6.79. The minimum atomic E-state index is -5.40. The van der Waals surface area contributed by atoms with Crippen LogP contribution in [0.3, 0.4) is 0 Å². The van der Waals surface area contributed by atoms with E-state index in [2.05, 4.69) is 5.32 Å². The monoisotopic (exact) mass is 529 g/mol. The second-order valence-corrected chi connectivity index (χ2v) is 8.84. The second kappa shape index (κ2) is 8.96. The number of benzene rings is 2. The van der Waals surface area contributed by atoms with Crippen LogP contribution in [0.5, 0.6) is 0 Å². The van der Waals surface area contributed by atoms with E-state index >= 15 is 0 Å². The van der Waals surface area contributed by atoms with Crippen molar-refractivity contribution in [3.63, 3.8) is 0 Å². The van der Waals surface area contributed by atoms with Crippen LogP contribution in [0.25, 0.3) is 0 Å². The highest BCUT2D eigenvalue weighted by Gasteiger charge is 2.56. The molecule has 3 amide bonds. The maximum atomic E-state index is 14.5. The number of carbonyl (C=O) groups is 3. The molecule has 3 N–H and O–H groups in total. The van der Waals surface area contributed by atoms with Gasteiger partial charge in [0.1, 0.15) is 15.8 Å². The summed E-state index contributed by atoms with van der Waals surface area (Å²) in [7, 11) is 0. The van der Waals surface area contributed by atoms with Gasteiger partial charge in [-0.05, 0) is 36.8 Å². The second-order valence-electron chi connectivity index (χ2n) is 6.89. The fourth-order valence-corrected chi connectivity index (χ4v) is 3.35. The van der Waals surface area contributed by atoms with Crippen LogP contribution >= 0.6 is 34.8 Å². The Morgan fingerprint density at radius 2 is 1.64 bits per heavy atom. The van der Waals surface area contributed by atoms with Crippen molar-refractivity contribution in [1.82, 2.24) is 0 Å². The normalized spacial score (nSPS) is 16.7. The average Bonchev–Trinajstić information content (AvgIpc) is 3.36. The zero-order valence-corrected chi connectivity index (χ0v) is 18.2.